The summed E-state index contributed by atoms with van der Waals surface area (Å²) in [5.74, 6) is -0.363. The van der Waals surface area contributed by atoms with Crippen LogP contribution in [0.1, 0.15) is 36.1 Å². The van der Waals surface area contributed by atoms with Gasteiger partial charge < -0.3 is 14.4 Å². The molecule has 0 fully saturated rings. The van der Waals surface area contributed by atoms with E-state index >= 15 is 0 Å². The van der Waals surface area contributed by atoms with Crippen molar-refractivity contribution < 1.29 is 22.8 Å². The molecule has 0 aliphatic rings. The lowest BCUT2D eigenvalue weighted by Crippen LogP contribution is -2.14. The summed E-state index contributed by atoms with van der Waals surface area (Å²) in [5, 5.41) is 32.9. The summed E-state index contributed by atoms with van der Waals surface area (Å²) in [7, 11) is -4.44. The van der Waals surface area contributed by atoms with Gasteiger partial charge >= 0.3 is 15.8 Å². The highest BCUT2D eigenvalue weighted by Gasteiger charge is 2.25. The number of hydrogen-bond acceptors (Lipinski definition) is 6. The highest BCUT2D eigenvalue weighted by Crippen LogP contribution is 2.38. The molecule has 4 rings (SSSR count). The number of diazo groups is 1. The van der Waals surface area contributed by atoms with Crippen molar-refractivity contribution in [2.24, 2.45) is 0 Å². The van der Waals surface area contributed by atoms with Crippen molar-refractivity contribution in [1.29, 1.82) is 5.39 Å². The second-order valence-electron chi connectivity index (χ2n) is 8.12. The van der Waals surface area contributed by atoms with Crippen molar-refractivity contribution in [2.45, 2.75) is 38.0 Å². The van der Waals surface area contributed by atoms with Gasteiger partial charge in [-0.2, -0.15) is 8.42 Å². The SMILES string of the molecule is CCc1cccc(Cc2cccc(CC)c2OS(=O)(=O)c2cccc3ccc([N+]#N)c([O-])c23)c1O. The third-order valence-corrected chi connectivity index (χ3v) is 7.30. The van der Waals surface area contributed by atoms with E-state index in [4.69, 9.17) is 9.58 Å². The molecule has 0 amide bonds. The van der Waals surface area contributed by atoms with Gasteiger partial charge in [-0.3, -0.25) is 0 Å². The van der Waals surface area contributed by atoms with Crippen LogP contribution in [0, 0.1) is 5.39 Å². The lowest BCUT2D eigenvalue weighted by atomic mass is 9.97. The molecule has 7 nitrogen and oxygen atoms in total. The van der Waals surface area contributed by atoms with Crippen LogP contribution in [0.25, 0.3) is 15.7 Å². The lowest BCUT2D eigenvalue weighted by Gasteiger charge is -2.18. The van der Waals surface area contributed by atoms with Crippen LogP contribution in [0.15, 0.2) is 71.6 Å². The van der Waals surface area contributed by atoms with Crippen molar-refractivity contribution in [3.05, 3.63) is 94.0 Å². The number of aryl methyl sites for hydroxylation is 2. The van der Waals surface area contributed by atoms with Crippen molar-refractivity contribution in [3.8, 4) is 17.2 Å². The van der Waals surface area contributed by atoms with Crippen LogP contribution in [0.2, 0.25) is 0 Å². The van der Waals surface area contributed by atoms with E-state index < -0.39 is 15.9 Å². The molecular formula is C27H24N2O5S. The van der Waals surface area contributed by atoms with E-state index in [0.29, 0.717) is 34.9 Å². The molecular weight excluding hydrogens is 464 g/mol. The Balaban J connectivity index is 1.84. The van der Waals surface area contributed by atoms with Gasteiger partial charge in [0.25, 0.3) is 0 Å². The maximum Gasteiger partial charge on any atom is 0.378 e. The maximum atomic E-state index is 13.5. The van der Waals surface area contributed by atoms with E-state index in [2.05, 4.69) is 4.98 Å². The number of phenolic OH excluding ortho intramolecular Hbond substituents is 1. The standard InChI is InChI=1S/C27H24N2O5S/c1-3-17-8-5-11-20(25(17)30)16-21-12-6-9-18(4-2)27(21)34-35(32,33)23-13-7-10-19-14-15-22(29-28)26(31)24(19)23/h5-15H,3-4,16H2,1-2H3,(H-,30,31). The second kappa shape index (κ2) is 9.65. The zero-order valence-electron chi connectivity index (χ0n) is 19.4. The largest absolute Gasteiger partial charge is 0.867 e. The van der Waals surface area contributed by atoms with Gasteiger partial charge in [0.2, 0.25) is 5.39 Å². The lowest BCUT2D eigenvalue weighted by molar-refractivity contribution is -0.264. The van der Waals surface area contributed by atoms with E-state index in [9.17, 15) is 18.6 Å². The molecule has 0 saturated carbocycles. The van der Waals surface area contributed by atoms with E-state index in [1.54, 1.807) is 24.3 Å². The molecule has 1 N–H and O–H groups in total. The number of aromatic hydroxyl groups is 1. The second-order valence-corrected chi connectivity index (χ2v) is 9.63. The third kappa shape index (κ3) is 4.51. The van der Waals surface area contributed by atoms with E-state index in [0.717, 1.165) is 5.56 Å². The predicted molar refractivity (Wildman–Crippen MR) is 132 cm³/mol. The van der Waals surface area contributed by atoms with Crippen LogP contribution in [-0.4, -0.2) is 13.5 Å². The number of phenols is 1. The van der Waals surface area contributed by atoms with Crippen LogP contribution in [-0.2, 0) is 29.4 Å². The Labute approximate surface area is 204 Å². The summed E-state index contributed by atoms with van der Waals surface area (Å²) in [6.45, 7) is 3.83. The van der Waals surface area contributed by atoms with Gasteiger partial charge in [0.1, 0.15) is 16.4 Å². The normalized spacial score (nSPS) is 11.3. The molecule has 0 aromatic heterocycles. The molecule has 0 radical (unpaired) electrons. The minimum atomic E-state index is -4.44. The quantitative estimate of drug-likeness (QED) is 0.268. The van der Waals surface area contributed by atoms with Gasteiger partial charge in [0.15, 0.2) is 4.98 Å². The number of para-hydroxylation sites is 2. The molecule has 178 valence electrons. The first-order valence-electron chi connectivity index (χ1n) is 11.2. The monoisotopic (exact) mass is 488 g/mol. The Bertz CT molecular complexity index is 1570. The summed E-state index contributed by atoms with van der Waals surface area (Å²) in [6.07, 6.45) is 1.43. The Kier molecular flexibility index (Phi) is 6.63. The highest BCUT2D eigenvalue weighted by molar-refractivity contribution is 7.87. The first-order chi connectivity index (χ1) is 16.8. The van der Waals surface area contributed by atoms with Gasteiger partial charge in [0, 0.05) is 23.4 Å². The van der Waals surface area contributed by atoms with Crippen LogP contribution in [0.4, 0.5) is 5.69 Å². The fourth-order valence-corrected chi connectivity index (χ4v) is 5.41. The molecule has 0 saturated heterocycles. The molecule has 0 bridgehead atoms. The smallest absolute Gasteiger partial charge is 0.378 e. The first-order valence-corrected chi connectivity index (χ1v) is 12.6. The Hall–Kier alpha value is -4.09. The van der Waals surface area contributed by atoms with Gasteiger partial charge in [-0.05, 0) is 52.8 Å². The molecule has 0 atom stereocenters. The van der Waals surface area contributed by atoms with Crippen molar-refractivity contribution >= 4 is 26.6 Å². The molecule has 0 aliphatic carbocycles. The molecule has 4 aromatic carbocycles. The third-order valence-electron chi connectivity index (χ3n) is 6.03. The molecule has 35 heavy (non-hydrogen) atoms. The Morgan fingerprint density at radius 3 is 2.20 bits per heavy atom. The summed E-state index contributed by atoms with van der Waals surface area (Å²) in [4.78, 5) is 2.66. The van der Waals surface area contributed by atoms with Crippen LogP contribution < -0.4 is 9.29 Å². The molecule has 0 heterocycles. The average molecular weight is 489 g/mol. The molecule has 0 spiro atoms. The fraction of sp³-hybridized carbons (Fsp3) is 0.185. The van der Waals surface area contributed by atoms with Crippen LogP contribution >= 0.6 is 0 Å². The van der Waals surface area contributed by atoms with E-state index in [-0.39, 0.29) is 33.9 Å². The molecule has 0 unspecified atom stereocenters. The molecule has 0 aliphatic heterocycles. The number of hydrogen-bond donors (Lipinski definition) is 1. The van der Waals surface area contributed by atoms with Gasteiger partial charge in [-0.1, -0.05) is 62.4 Å². The van der Waals surface area contributed by atoms with Crippen LogP contribution in [0.3, 0.4) is 0 Å². The summed E-state index contributed by atoms with van der Waals surface area (Å²) >= 11 is 0. The zero-order valence-corrected chi connectivity index (χ0v) is 20.2. The summed E-state index contributed by atoms with van der Waals surface area (Å²) in [5.41, 5.74) is 2.45. The number of fused-ring (bicyclic) bond motifs is 1. The first kappa shape index (κ1) is 24.0. The summed E-state index contributed by atoms with van der Waals surface area (Å²) in [6, 6.07) is 18.1. The number of benzene rings is 4. The minimum absolute atomic E-state index is 0.105. The molecule has 4 aromatic rings. The number of nitrogens with zero attached hydrogens (tertiary/aromatic N) is 2. The predicted octanol–water partition coefficient (Wildman–Crippen LogP) is 5.59. The highest BCUT2D eigenvalue weighted by atomic mass is 32.2. The van der Waals surface area contributed by atoms with E-state index in [1.807, 2.05) is 32.0 Å². The fourth-order valence-electron chi connectivity index (χ4n) is 4.18. The Morgan fingerprint density at radius 1 is 0.886 bits per heavy atom. The van der Waals surface area contributed by atoms with Gasteiger partial charge in [0.05, 0.1) is 0 Å². The maximum absolute atomic E-state index is 13.5. The van der Waals surface area contributed by atoms with Crippen molar-refractivity contribution in [3.63, 3.8) is 0 Å². The Morgan fingerprint density at radius 2 is 1.51 bits per heavy atom. The van der Waals surface area contributed by atoms with Crippen molar-refractivity contribution in [1.82, 2.24) is 0 Å². The topological polar surface area (TPSA) is 115 Å². The van der Waals surface area contributed by atoms with Crippen LogP contribution in [0.5, 0.6) is 17.2 Å². The zero-order chi connectivity index (χ0) is 25.2. The van der Waals surface area contributed by atoms with E-state index in [1.165, 1.54) is 24.3 Å². The molecule has 8 heteroatoms. The summed E-state index contributed by atoms with van der Waals surface area (Å²) < 4.78 is 32.7. The van der Waals surface area contributed by atoms with Gasteiger partial charge in [-0.15, -0.1) is 0 Å². The van der Waals surface area contributed by atoms with Crippen molar-refractivity contribution in [2.75, 3.05) is 0 Å². The van der Waals surface area contributed by atoms with Gasteiger partial charge in [-0.25, -0.2) is 0 Å². The average Bonchev–Trinajstić information content (AvgIpc) is 2.86. The number of rotatable bonds is 7. The minimum Gasteiger partial charge on any atom is -0.867 e.